The third-order valence-corrected chi connectivity index (χ3v) is 5.93. The minimum atomic E-state index is -0.460. The van der Waals surface area contributed by atoms with Gasteiger partial charge in [-0.3, -0.25) is 14.5 Å². The van der Waals surface area contributed by atoms with Crippen LogP contribution in [0.1, 0.15) is 23.1 Å². The summed E-state index contributed by atoms with van der Waals surface area (Å²) in [6, 6.07) is 15.5. The normalized spacial score (nSPS) is 16.8. The predicted molar refractivity (Wildman–Crippen MR) is 110 cm³/mol. The average Bonchev–Trinajstić information content (AvgIpc) is 2.86. The van der Waals surface area contributed by atoms with Gasteiger partial charge in [0, 0.05) is 12.1 Å². The van der Waals surface area contributed by atoms with Crippen molar-refractivity contribution in [3.05, 3.63) is 65.2 Å². The van der Waals surface area contributed by atoms with E-state index in [1.807, 2.05) is 62.4 Å². The number of carbonyl (C=O) groups is 2. The minimum absolute atomic E-state index is 0.0981. The molecule has 0 radical (unpaired) electrons. The van der Waals surface area contributed by atoms with Crippen LogP contribution in [0.2, 0.25) is 0 Å². The second-order valence-corrected chi connectivity index (χ2v) is 8.17. The Labute approximate surface area is 163 Å². The highest BCUT2D eigenvalue weighted by atomic mass is 32.2. The molecule has 1 aliphatic heterocycles. The van der Waals surface area contributed by atoms with Gasteiger partial charge in [-0.05, 0) is 42.7 Å². The number of hydrogen-bond acceptors (Lipinski definition) is 4. The van der Waals surface area contributed by atoms with Gasteiger partial charge in [0.2, 0.25) is 11.8 Å². The maximum Gasteiger partial charge on any atom is 0.242 e. The largest absolute Gasteiger partial charge is 0.326 e. The Kier molecular flexibility index (Phi) is 5.74. The Morgan fingerprint density at radius 3 is 2.58 bits per heavy atom. The average molecular weight is 385 g/mol. The third kappa shape index (κ3) is 4.31. The summed E-state index contributed by atoms with van der Waals surface area (Å²) in [7, 11) is 0. The number of rotatable bonds is 5. The monoisotopic (exact) mass is 384 g/mol. The molecule has 0 aliphatic carbocycles. The van der Waals surface area contributed by atoms with E-state index in [2.05, 4.69) is 5.32 Å². The summed E-state index contributed by atoms with van der Waals surface area (Å²) in [5.74, 6) is -0.275. The van der Waals surface area contributed by atoms with E-state index in [0.29, 0.717) is 10.9 Å². The SMILES string of the molecule is Cc1ccc(NC(=O)CC2SC(=S)N(Cc3ccccc3)C2=O)cc1C. The molecule has 1 N–H and O–H groups in total. The van der Waals surface area contributed by atoms with Crippen LogP contribution in [0.4, 0.5) is 5.69 Å². The molecule has 2 aromatic rings. The van der Waals surface area contributed by atoms with Crippen molar-refractivity contribution in [2.45, 2.75) is 32.1 Å². The maximum atomic E-state index is 12.6. The van der Waals surface area contributed by atoms with Crippen molar-refractivity contribution in [3.8, 4) is 0 Å². The first-order valence-corrected chi connectivity index (χ1v) is 9.66. The van der Waals surface area contributed by atoms with Crippen molar-refractivity contribution >= 4 is 45.8 Å². The lowest BCUT2D eigenvalue weighted by Crippen LogP contribution is -2.32. The van der Waals surface area contributed by atoms with Crippen LogP contribution < -0.4 is 5.32 Å². The number of hydrogen-bond donors (Lipinski definition) is 1. The zero-order valence-corrected chi connectivity index (χ0v) is 16.3. The summed E-state index contributed by atoms with van der Waals surface area (Å²) >= 11 is 6.64. The Morgan fingerprint density at radius 2 is 1.88 bits per heavy atom. The van der Waals surface area contributed by atoms with Gasteiger partial charge in [0.05, 0.1) is 11.8 Å². The molecule has 1 aliphatic rings. The molecule has 0 saturated carbocycles. The van der Waals surface area contributed by atoms with Gasteiger partial charge in [0.15, 0.2) is 0 Å². The molecule has 0 aromatic heterocycles. The van der Waals surface area contributed by atoms with E-state index in [4.69, 9.17) is 12.2 Å². The van der Waals surface area contributed by atoms with Gasteiger partial charge >= 0.3 is 0 Å². The van der Waals surface area contributed by atoms with Gasteiger partial charge in [0.25, 0.3) is 0 Å². The van der Waals surface area contributed by atoms with Gasteiger partial charge < -0.3 is 5.32 Å². The molecule has 6 heteroatoms. The number of thiocarbonyl (C=S) groups is 1. The highest BCUT2D eigenvalue weighted by molar-refractivity contribution is 8.24. The summed E-state index contributed by atoms with van der Waals surface area (Å²) < 4.78 is 0.530. The fourth-order valence-electron chi connectivity index (χ4n) is 2.74. The van der Waals surface area contributed by atoms with Crippen LogP contribution in [0.3, 0.4) is 0 Å². The quantitative estimate of drug-likeness (QED) is 0.790. The molecule has 134 valence electrons. The van der Waals surface area contributed by atoms with Crippen LogP contribution in [0.5, 0.6) is 0 Å². The minimum Gasteiger partial charge on any atom is -0.326 e. The lowest BCUT2D eigenvalue weighted by molar-refractivity contribution is -0.128. The number of anilines is 1. The highest BCUT2D eigenvalue weighted by Gasteiger charge is 2.38. The number of amides is 2. The first-order chi connectivity index (χ1) is 12.4. The first kappa shape index (κ1) is 18.6. The van der Waals surface area contributed by atoms with Crippen LogP contribution in [-0.4, -0.2) is 26.3 Å². The van der Waals surface area contributed by atoms with Crippen molar-refractivity contribution in [2.75, 3.05) is 5.32 Å². The number of benzene rings is 2. The lowest BCUT2D eigenvalue weighted by atomic mass is 10.1. The molecule has 3 rings (SSSR count). The Balaban J connectivity index is 1.61. The lowest BCUT2D eigenvalue weighted by Gasteiger charge is -2.15. The fraction of sp³-hybridized carbons (Fsp3) is 0.250. The molecule has 1 fully saturated rings. The molecular weight excluding hydrogens is 364 g/mol. The molecule has 2 aromatic carbocycles. The maximum absolute atomic E-state index is 12.6. The van der Waals surface area contributed by atoms with Crippen LogP contribution in [-0.2, 0) is 16.1 Å². The van der Waals surface area contributed by atoms with E-state index >= 15 is 0 Å². The molecule has 1 heterocycles. The van der Waals surface area contributed by atoms with Gasteiger partial charge in [-0.15, -0.1) is 0 Å². The van der Waals surface area contributed by atoms with Crippen molar-refractivity contribution in [1.29, 1.82) is 0 Å². The smallest absolute Gasteiger partial charge is 0.242 e. The molecular formula is C20H20N2O2S2. The van der Waals surface area contributed by atoms with Gasteiger partial charge in [-0.2, -0.15) is 0 Å². The topological polar surface area (TPSA) is 49.4 Å². The van der Waals surface area contributed by atoms with Crippen LogP contribution in [0.25, 0.3) is 0 Å². The van der Waals surface area contributed by atoms with Gasteiger partial charge in [0.1, 0.15) is 4.32 Å². The highest BCUT2D eigenvalue weighted by Crippen LogP contribution is 2.31. The van der Waals surface area contributed by atoms with Crippen molar-refractivity contribution in [1.82, 2.24) is 4.90 Å². The van der Waals surface area contributed by atoms with Crippen LogP contribution in [0.15, 0.2) is 48.5 Å². The Bertz CT molecular complexity index is 852. The van der Waals surface area contributed by atoms with Crippen LogP contribution in [0, 0.1) is 13.8 Å². The van der Waals surface area contributed by atoms with Gasteiger partial charge in [-0.1, -0.05) is 60.4 Å². The standard InChI is InChI=1S/C20H20N2O2S2/c1-13-8-9-16(10-14(13)2)21-18(23)11-17-19(24)22(20(25)26-17)12-15-6-4-3-5-7-15/h3-10,17H,11-12H2,1-2H3,(H,21,23). The number of carbonyl (C=O) groups excluding carboxylic acids is 2. The number of nitrogens with one attached hydrogen (secondary N) is 1. The molecule has 1 atom stereocenters. The summed E-state index contributed by atoms with van der Waals surface area (Å²) in [5, 5.41) is 2.41. The van der Waals surface area contributed by atoms with Crippen molar-refractivity contribution in [2.24, 2.45) is 0 Å². The predicted octanol–water partition coefficient (Wildman–Crippen LogP) is 4.06. The summed E-state index contributed by atoms with van der Waals surface area (Å²) in [4.78, 5) is 26.6. The molecule has 1 unspecified atom stereocenters. The second kappa shape index (κ2) is 8.01. The van der Waals surface area contributed by atoms with E-state index in [9.17, 15) is 9.59 Å². The van der Waals surface area contributed by atoms with E-state index in [-0.39, 0.29) is 18.2 Å². The zero-order chi connectivity index (χ0) is 18.7. The van der Waals surface area contributed by atoms with E-state index in [1.54, 1.807) is 4.90 Å². The summed E-state index contributed by atoms with van der Waals surface area (Å²) in [6.07, 6.45) is 0.113. The fourth-order valence-corrected chi connectivity index (χ4v) is 4.23. The molecule has 4 nitrogen and oxygen atoms in total. The van der Waals surface area contributed by atoms with E-state index < -0.39 is 5.25 Å². The zero-order valence-electron chi connectivity index (χ0n) is 14.7. The molecule has 0 spiro atoms. The van der Waals surface area contributed by atoms with Crippen molar-refractivity contribution in [3.63, 3.8) is 0 Å². The molecule has 26 heavy (non-hydrogen) atoms. The van der Waals surface area contributed by atoms with Crippen molar-refractivity contribution < 1.29 is 9.59 Å². The Hall–Kier alpha value is -2.18. The molecule has 1 saturated heterocycles. The third-order valence-electron chi connectivity index (χ3n) is 4.35. The van der Waals surface area contributed by atoms with Crippen LogP contribution >= 0.6 is 24.0 Å². The van der Waals surface area contributed by atoms with Gasteiger partial charge in [-0.25, -0.2) is 0 Å². The molecule has 2 amide bonds. The number of thioether (sulfide) groups is 1. The van der Waals surface area contributed by atoms with E-state index in [0.717, 1.165) is 16.8 Å². The summed E-state index contributed by atoms with van der Waals surface area (Å²) in [6.45, 7) is 4.47. The second-order valence-electron chi connectivity index (χ2n) is 6.33. The summed E-state index contributed by atoms with van der Waals surface area (Å²) in [5.41, 5.74) is 4.05. The Morgan fingerprint density at radius 1 is 1.15 bits per heavy atom. The first-order valence-electron chi connectivity index (χ1n) is 8.37. The number of nitrogens with zero attached hydrogens (tertiary/aromatic N) is 1. The number of aryl methyl sites for hydroxylation is 2. The molecule has 0 bridgehead atoms. The van der Waals surface area contributed by atoms with E-state index in [1.165, 1.54) is 17.3 Å².